The highest BCUT2D eigenvalue weighted by Gasteiger charge is 2.14. The van der Waals surface area contributed by atoms with Gasteiger partial charge in [0.2, 0.25) is 0 Å². The van der Waals surface area contributed by atoms with Gasteiger partial charge in [-0.05, 0) is 23.3 Å². The average Bonchev–Trinajstić information content (AvgIpc) is 3.22. The number of aromatic nitrogens is 3. The molecular weight excluding hydrogens is 386 g/mol. The zero-order valence-corrected chi connectivity index (χ0v) is 16.4. The van der Waals surface area contributed by atoms with Gasteiger partial charge in [0.1, 0.15) is 23.3 Å². The lowest BCUT2D eigenvalue weighted by Crippen LogP contribution is -1.93. The minimum Gasteiger partial charge on any atom is -0.506 e. The van der Waals surface area contributed by atoms with E-state index in [1.807, 2.05) is 59.3 Å². The van der Waals surface area contributed by atoms with Gasteiger partial charge in [0, 0.05) is 29.7 Å². The second-order valence-corrected chi connectivity index (χ2v) is 7.01. The SMILES string of the molecule is N#Cc1ccc(Nc2cn3ccnc(-c4ccccc4-c4ccccc4)c3n2)cc1O. The van der Waals surface area contributed by atoms with E-state index in [0.717, 1.165) is 22.4 Å². The number of imidazole rings is 1. The van der Waals surface area contributed by atoms with E-state index in [-0.39, 0.29) is 11.3 Å². The molecule has 5 rings (SSSR count). The van der Waals surface area contributed by atoms with Crippen LogP contribution in [-0.2, 0) is 0 Å². The first-order valence-corrected chi connectivity index (χ1v) is 9.71. The smallest absolute Gasteiger partial charge is 0.165 e. The molecule has 0 spiro atoms. The number of hydrogen-bond donors (Lipinski definition) is 2. The highest BCUT2D eigenvalue weighted by atomic mass is 16.3. The number of aromatic hydroxyl groups is 1. The number of rotatable bonds is 4. The Bertz CT molecular complexity index is 1430. The molecule has 5 aromatic rings. The molecule has 148 valence electrons. The van der Waals surface area contributed by atoms with Crippen molar-refractivity contribution in [3.8, 4) is 34.2 Å². The summed E-state index contributed by atoms with van der Waals surface area (Å²) >= 11 is 0. The summed E-state index contributed by atoms with van der Waals surface area (Å²) in [6.07, 6.45) is 5.46. The van der Waals surface area contributed by atoms with Crippen LogP contribution in [0.15, 0.2) is 91.4 Å². The molecule has 0 unspecified atom stereocenters. The first-order valence-electron chi connectivity index (χ1n) is 9.71. The van der Waals surface area contributed by atoms with Crippen LogP contribution in [0.3, 0.4) is 0 Å². The molecule has 3 aromatic carbocycles. The lowest BCUT2D eigenvalue weighted by atomic mass is 9.98. The summed E-state index contributed by atoms with van der Waals surface area (Å²) in [7, 11) is 0. The fourth-order valence-corrected chi connectivity index (χ4v) is 3.58. The van der Waals surface area contributed by atoms with Crippen molar-refractivity contribution in [2.45, 2.75) is 0 Å². The van der Waals surface area contributed by atoms with Crippen LogP contribution < -0.4 is 5.32 Å². The molecule has 0 aliphatic heterocycles. The van der Waals surface area contributed by atoms with Gasteiger partial charge in [0.05, 0.1) is 11.8 Å². The van der Waals surface area contributed by atoms with Crippen LogP contribution in [0.25, 0.3) is 28.0 Å². The van der Waals surface area contributed by atoms with Gasteiger partial charge in [-0.3, -0.25) is 4.98 Å². The molecule has 0 atom stereocenters. The number of nitrogens with one attached hydrogen (secondary N) is 1. The molecule has 31 heavy (non-hydrogen) atoms. The molecule has 2 heterocycles. The molecule has 0 radical (unpaired) electrons. The van der Waals surface area contributed by atoms with E-state index in [0.29, 0.717) is 17.2 Å². The summed E-state index contributed by atoms with van der Waals surface area (Å²) in [6, 6.07) is 25.1. The third kappa shape index (κ3) is 3.45. The van der Waals surface area contributed by atoms with Crippen LogP contribution in [0.1, 0.15) is 5.56 Å². The summed E-state index contributed by atoms with van der Waals surface area (Å²) < 4.78 is 1.91. The number of phenolic OH excluding ortho intramolecular Hbond substituents is 1. The molecule has 2 N–H and O–H groups in total. The number of anilines is 2. The fraction of sp³-hybridized carbons (Fsp3) is 0. The lowest BCUT2D eigenvalue weighted by Gasteiger charge is -2.10. The van der Waals surface area contributed by atoms with E-state index < -0.39 is 0 Å². The zero-order valence-electron chi connectivity index (χ0n) is 16.4. The monoisotopic (exact) mass is 403 g/mol. The molecule has 0 amide bonds. The molecular formula is C25H17N5O. The Kier molecular flexibility index (Phi) is 4.54. The van der Waals surface area contributed by atoms with Crippen molar-refractivity contribution in [3.05, 3.63) is 97.0 Å². The Morgan fingerprint density at radius 3 is 2.48 bits per heavy atom. The van der Waals surface area contributed by atoms with Gasteiger partial charge in [-0.2, -0.15) is 5.26 Å². The Morgan fingerprint density at radius 1 is 0.935 bits per heavy atom. The van der Waals surface area contributed by atoms with E-state index in [1.165, 1.54) is 6.07 Å². The van der Waals surface area contributed by atoms with Gasteiger partial charge in [0.15, 0.2) is 5.65 Å². The van der Waals surface area contributed by atoms with Gasteiger partial charge in [-0.1, -0.05) is 54.6 Å². The minimum absolute atomic E-state index is 0.0737. The van der Waals surface area contributed by atoms with Crippen molar-refractivity contribution in [2.24, 2.45) is 0 Å². The number of phenols is 1. The average molecular weight is 403 g/mol. The highest BCUT2D eigenvalue weighted by molar-refractivity contribution is 5.87. The third-order valence-corrected chi connectivity index (χ3v) is 5.03. The number of nitriles is 1. The standard InChI is InChI=1S/C25H17N5O/c26-15-18-10-11-19(14-22(18)31)28-23-16-30-13-12-27-24(25(30)29-23)21-9-5-4-8-20(21)17-6-2-1-3-7-17/h1-14,16,28,31H. The van der Waals surface area contributed by atoms with Crippen molar-refractivity contribution in [1.29, 1.82) is 5.26 Å². The van der Waals surface area contributed by atoms with E-state index in [9.17, 15) is 5.11 Å². The van der Waals surface area contributed by atoms with Crippen molar-refractivity contribution >= 4 is 17.2 Å². The summed E-state index contributed by atoms with van der Waals surface area (Å²) in [6.45, 7) is 0. The van der Waals surface area contributed by atoms with Gasteiger partial charge in [-0.25, -0.2) is 4.98 Å². The van der Waals surface area contributed by atoms with Crippen LogP contribution in [-0.4, -0.2) is 19.5 Å². The maximum absolute atomic E-state index is 9.94. The summed E-state index contributed by atoms with van der Waals surface area (Å²) in [5.41, 5.74) is 5.54. The topological polar surface area (TPSA) is 86.2 Å². The van der Waals surface area contributed by atoms with Gasteiger partial charge in [0.25, 0.3) is 0 Å². The van der Waals surface area contributed by atoms with E-state index in [1.54, 1.807) is 18.3 Å². The van der Waals surface area contributed by atoms with Gasteiger partial charge >= 0.3 is 0 Å². The third-order valence-electron chi connectivity index (χ3n) is 5.03. The molecule has 0 aliphatic rings. The van der Waals surface area contributed by atoms with Gasteiger partial charge < -0.3 is 14.8 Å². The molecule has 6 nitrogen and oxygen atoms in total. The molecule has 0 saturated heterocycles. The number of fused-ring (bicyclic) bond motifs is 1. The van der Waals surface area contributed by atoms with Gasteiger partial charge in [-0.15, -0.1) is 0 Å². The first kappa shape index (κ1) is 18.4. The van der Waals surface area contributed by atoms with Crippen molar-refractivity contribution in [2.75, 3.05) is 5.32 Å². The van der Waals surface area contributed by atoms with Crippen LogP contribution in [0, 0.1) is 11.3 Å². The highest BCUT2D eigenvalue weighted by Crippen LogP contribution is 2.33. The molecule has 0 fully saturated rings. The number of hydrogen-bond acceptors (Lipinski definition) is 5. The van der Waals surface area contributed by atoms with E-state index in [4.69, 9.17) is 10.2 Å². The maximum atomic E-state index is 9.94. The largest absolute Gasteiger partial charge is 0.506 e. The number of nitrogens with zero attached hydrogens (tertiary/aromatic N) is 4. The maximum Gasteiger partial charge on any atom is 0.165 e. The number of benzene rings is 3. The molecule has 2 aromatic heterocycles. The van der Waals surface area contributed by atoms with Crippen LogP contribution >= 0.6 is 0 Å². The second-order valence-electron chi connectivity index (χ2n) is 7.01. The van der Waals surface area contributed by atoms with Crippen LogP contribution in [0.2, 0.25) is 0 Å². The van der Waals surface area contributed by atoms with Crippen molar-refractivity contribution in [3.63, 3.8) is 0 Å². The van der Waals surface area contributed by atoms with E-state index in [2.05, 4.69) is 28.5 Å². The molecule has 0 aliphatic carbocycles. The van der Waals surface area contributed by atoms with Crippen LogP contribution in [0.5, 0.6) is 5.75 Å². The molecule has 0 saturated carbocycles. The predicted octanol–water partition coefficient (Wildman–Crippen LogP) is 5.38. The summed E-state index contributed by atoms with van der Waals surface area (Å²) in [5, 5.41) is 22.1. The lowest BCUT2D eigenvalue weighted by molar-refractivity contribution is 0.474. The minimum atomic E-state index is -0.0737. The van der Waals surface area contributed by atoms with E-state index >= 15 is 0 Å². The predicted molar refractivity (Wildman–Crippen MR) is 120 cm³/mol. The Hall–Kier alpha value is -4.63. The second kappa shape index (κ2) is 7.65. The van der Waals surface area contributed by atoms with Crippen LogP contribution in [0.4, 0.5) is 11.5 Å². The Morgan fingerprint density at radius 2 is 1.71 bits per heavy atom. The normalized spacial score (nSPS) is 10.7. The summed E-state index contributed by atoms with van der Waals surface area (Å²) in [4.78, 5) is 9.37. The first-order chi connectivity index (χ1) is 15.2. The Labute approximate surface area is 178 Å². The quantitative estimate of drug-likeness (QED) is 0.420. The zero-order chi connectivity index (χ0) is 21.2. The Balaban J connectivity index is 1.58. The van der Waals surface area contributed by atoms with Crippen molar-refractivity contribution in [1.82, 2.24) is 14.4 Å². The molecule has 0 bridgehead atoms. The molecule has 6 heteroatoms. The fourth-order valence-electron chi connectivity index (χ4n) is 3.58. The van der Waals surface area contributed by atoms with Crippen molar-refractivity contribution < 1.29 is 5.11 Å². The summed E-state index contributed by atoms with van der Waals surface area (Å²) in [5.74, 6) is 0.533.